The molecular weight excluding hydrogens is 330 g/mol. The molecule has 2 aromatic heterocycles. The number of hydrogen-bond acceptors (Lipinski definition) is 4. The number of aromatic nitrogens is 3. The summed E-state index contributed by atoms with van der Waals surface area (Å²) in [7, 11) is 0. The summed E-state index contributed by atoms with van der Waals surface area (Å²) < 4.78 is 1.76. The van der Waals surface area contributed by atoms with Crippen molar-refractivity contribution in [3.8, 4) is 0 Å². The van der Waals surface area contributed by atoms with Gasteiger partial charge in [-0.25, -0.2) is 0 Å². The Morgan fingerprint density at radius 3 is 2.85 bits per heavy atom. The number of amides is 2. The molecule has 1 fully saturated rings. The molecule has 0 bridgehead atoms. The van der Waals surface area contributed by atoms with E-state index in [1.165, 1.54) is 6.92 Å². The van der Waals surface area contributed by atoms with Gasteiger partial charge in [0.15, 0.2) is 0 Å². The minimum Gasteiger partial charge on any atom is -0.351 e. The highest BCUT2D eigenvalue weighted by molar-refractivity contribution is 5.93. The molecule has 0 radical (unpaired) electrons. The van der Waals surface area contributed by atoms with Crippen molar-refractivity contribution in [2.24, 2.45) is 0 Å². The molecule has 1 atom stereocenters. The van der Waals surface area contributed by atoms with Crippen LogP contribution in [0.4, 0.5) is 0 Å². The minimum atomic E-state index is -0.0863. The molecule has 0 saturated carbocycles. The van der Waals surface area contributed by atoms with Gasteiger partial charge in [-0.15, -0.1) is 0 Å². The molecule has 1 aliphatic heterocycles. The quantitative estimate of drug-likeness (QED) is 0.893. The van der Waals surface area contributed by atoms with Crippen molar-refractivity contribution in [3.05, 3.63) is 47.5 Å². The topological polar surface area (TPSA) is 80.1 Å². The van der Waals surface area contributed by atoms with Crippen molar-refractivity contribution >= 4 is 11.8 Å². The zero-order valence-electron chi connectivity index (χ0n) is 15.5. The third-order valence-corrected chi connectivity index (χ3v) is 4.58. The maximum absolute atomic E-state index is 13.1. The van der Waals surface area contributed by atoms with E-state index in [-0.39, 0.29) is 23.9 Å². The van der Waals surface area contributed by atoms with Crippen molar-refractivity contribution in [3.63, 3.8) is 0 Å². The Morgan fingerprint density at radius 2 is 2.12 bits per heavy atom. The van der Waals surface area contributed by atoms with Gasteiger partial charge in [0.05, 0.1) is 24.0 Å². The number of rotatable bonds is 5. The van der Waals surface area contributed by atoms with E-state index in [2.05, 4.69) is 15.4 Å². The smallest absolute Gasteiger partial charge is 0.272 e. The zero-order chi connectivity index (χ0) is 18.7. The fourth-order valence-corrected chi connectivity index (χ4v) is 3.36. The Kier molecular flexibility index (Phi) is 5.35. The normalized spacial score (nSPS) is 16.9. The first-order chi connectivity index (χ1) is 12.5. The second kappa shape index (κ2) is 7.68. The fraction of sp³-hybridized carbons (Fsp3) is 0.474. The van der Waals surface area contributed by atoms with Crippen LogP contribution in [0.1, 0.15) is 67.6 Å². The van der Waals surface area contributed by atoms with Gasteiger partial charge in [0.25, 0.3) is 5.91 Å². The standard InChI is InChI=1S/C19H25N5O2/c1-13(2)24-18(9-10-21-24)19(26)23-11-5-8-17(23)16-7-4-6-15(22-16)12-20-14(3)25/h4,6-7,9-10,13,17H,5,8,11-12H2,1-3H3,(H,20,25)/t17-/m1/s1. The third kappa shape index (κ3) is 3.76. The monoisotopic (exact) mass is 355 g/mol. The van der Waals surface area contributed by atoms with Gasteiger partial charge >= 0.3 is 0 Å². The maximum atomic E-state index is 13.1. The molecule has 1 N–H and O–H groups in total. The van der Waals surface area contributed by atoms with Crippen LogP contribution in [0.3, 0.4) is 0 Å². The highest BCUT2D eigenvalue weighted by atomic mass is 16.2. The first-order valence-electron chi connectivity index (χ1n) is 9.02. The van der Waals surface area contributed by atoms with Gasteiger partial charge in [-0.2, -0.15) is 5.10 Å². The van der Waals surface area contributed by atoms with Crippen LogP contribution >= 0.6 is 0 Å². The van der Waals surface area contributed by atoms with Crippen LogP contribution in [0, 0.1) is 0 Å². The highest BCUT2D eigenvalue weighted by Gasteiger charge is 2.33. The molecule has 1 saturated heterocycles. The van der Waals surface area contributed by atoms with Gasteiger partial charge in [-0.3, -0.25) is 19.3 Å². The second-order valence-corrected chi connectivity index (χ2v) is 6.87. The third-order valence-electron chi connectivity index (χ3n) is 4.58. The molecule has 3 heterocycles. The van der Waals surface area contributed by atoms with Gasteiger partial charge in [0.1, 0.15) is 5.69 Å². The molecule has 138 valence electrons. The van der Waals surface area contributed by atoms with Crippen molar-refractivity contribution in [1.29, 1.82) is 0 Å². The Bertz CT molecular complexity index is 799. The molecule has 0 aliphatic carbocycles. The molecule has 7 heteroatoms. The maximum Gasteiger partial charge on any atom is 0.272 e. The van der Waals surface area contributed by atoms with Crippen LogP contribution in [0.2, 0.25) is 0 Å². The molecular formula is C19H25N5O2. The SMILES string of the molecule is CC(=O)NCc1cccc([C@H]2CCCN2C(=O)c2ccnn2C(C)C)n1. The van der Waals surface area contributed by atoms with E-state index >= 15 is 0 Å². The fourth-order valence-electron chi connectivity index (χ4n) is 3.36. The lowest BCUT2D eigenvalue weighted by Crippen LogP contribution is -2.33. The number of nitrogens with one attached hydrogen (secondary N) is 1. The van der Waals surface area contributed by atoms with Gasteiger partial charge < -0.3 is 10.2 Å². The van der Waals surface area contributed by atoms with Gasteiger partial charge in [0.2, 0.25) is 5.91 Å². The minimum absolute atomic E-state index is 0.00670. The van der Waals surface area contributed by atoms with Crippen LogP contribution in [0.15, 0.2) is 30.5 Å². The van der Waals surface area contributed by atoms with Gasteiger partial charge in [-0.1, -0.05) is 6.07 Å². The number of carbonyl (C=O) groups is 2. The van der Waals surface area contributed by atoms with Gasteiger partial charge in [-0.05, 0) is 44.9 Å². The molecule has 2 amide bonds. The Morgan fingerprint density at radius 1 is 1.31 bits per heavy atom. The summed E-state index contributed by atoms with van der Waals surface area (Å²) in [6.07, 6.45) is 3.51. The van der Waals surface area contributed by atoms with E-state index in [9.17, 15) is 9.59 Å². The lowest BCUT2D eigenvalue weighted by molar-refractivity contribution is -0.119. The van der Waals surface area contributed by atoms with Gasteiger partial charge in [0, 0.05) is 25.7 Å². The van der Waals surface area contributed by atoms with E-state index in [1.54, 1.807) is 16.9 Å². The van der Waals surface area contributed by atoms with Crippen molar-refractivity contribution in [2.75, 3.05) is 6.54 Å². The predicted molar refractivity (Wildman–Crippen MR) is 97.4 cm³/mol. The van der Waals surface area contributed by atoms with Crippen LogP contribution in [-0.2, 0) is 11.3 Å². The molecule has 3 rings (SSSR count). The first-order valence-corrected chi connectivity index (χ1v) is 9.02. The second-order valence-electron chi connectivity index (χ2n) is 6.87. The lowest BCUT2D eigenvalue weighted by Gasteiger charge is -2.25. The van der Waals surface area contributed by atoms with E-state index in [1.807, 2.05) is 36.9 Å². The molecule has 26 heavy (non-hydrogen) atoms. The lowest BCUT2D eigenvalue weighted by atomic mass is 10.1. The molecule has 0 unspecified atom stereocenters. The van der Waals surface area contributed by atoms with Crippen LogP contribution < -0.4 is 5.32 Å². The number of nitrogens with zero attached hydrogens (tertiary/aromatic N) is 4. The van der Waals surface area contributed by atoms with Crippen LogP contribution in [0.5, 0.6) is 0 Å². The van der Waals surface area contributed by atoms with E-state index < -0.39 is 0 Å². The number of hydrogen-bond donors (Lipinski definition) is 1. The van der Waals surface area contributed by atoms with E-state index in [0.29, 0.717) is 18.8 Å². The Hall–Kier alpha value is -2.70. The van der Waals surface area contributed by atoms with Crippen molar-refractivity contribution in [1.82, 2.24) is 25.0 Å². The highest BCUT2D eigenvalue weighted by Crippen LogP contribution is 2.32. The molecule has 0 spiro atoms. The average molecular weight is 355 g/mol. The summed E-state index contributed by atoms with van der Waals surface area (Å²) in [5.74, 6) is -0.0930. The average Bonchev–Trinajstić information content (AvgIpc) is 3.29. The van der Waals surface area contributed by atoms with E-state index in [0.717, 1.165) is 24.2 Å². The first kappa shape index (κ1) is 18.1. The summed E-state index contributed by atoms with van der Waals surface area (Å²) in [4.78, 5) is 30.8. The van der Waals surface area contributed by atoms with Crippen molar-refractivity contribution in [2.45, 2.75) is 52.2 Å². The van der Waals surface area contributed by atoms with Crippen LogP contribution in [-0.4, -0.2) is 38.0 Å². The summed E-state index contributed by atoms with van der Waals surface area (Å²) in [5.41, 5.74) is 2.28. The summed E-state index contributed by atoms with van der Waals surface area (Å²) in [6, 6.07) is 7.62. The number of likely N-dealkylation sites (tertiary alicyclic amines) is 1. The van der Waals surface area contributed by atoms with Crippen LogP contribution in [0.25, 0.3) is 0 Å². The molecule has 2 aromatic rings. The zero-order valence-corrected chi connectivity index (χ0v) is 15.5. The predicted octanol–water partition coefficient (Wildman–Crippen LogP) is 2.47. The largest absolute Gasteiger partial charge is 0.351 e. The Labute approximate surface area is 153 Å². The van der Waals surface area contributed by atoms with Crippen molar-refractivity contribution < 1.29 is 9.59 Å². The molecule has 1 aliphatic rings. The number of carbonyl (C=O) groups excluding carboxylic acids is 2. The summed E-state index contributed by atoms with van der Waals surface area (Å²) in [5, 5.41) is 7.04. The molecule has 7 nitrogen and oxygen atoms in total. The van der Waals surface area contributed by atoms with E-state index in [4.69, 9.17) is 0 Å². The molecule has 0 aromatic carbocycles. The Balaban J connectivity index is 1.82. The summed E-state index contributed by atoms with van der Waals surface area (Å²) in [6.45, 7) is 6.62. The number of pyridine rings is 1. The summed E-state index contributed by atoms with van der Waals surface area (Å²) >= 11 is 0.